The lowest BCUT2D eigenvalue weighted by atomic mass is 9.99. The van der Waals surface area contributed by atoms with Gasteiger partial charge in [0.05, 0.1) is 35.3 Å². The van der Waals surface area contributed by atoms with Crippen LogP contribution in [0.5, 0.6) is 5.75 Å². The number of carbonyl (C=O) groups is 2. The number of anilines is 2. The smallest absolute Gasteiger partial charge is 0.321 e. The molecule has 3 N–H and O–H groups in total. The van der Waals surface area contributed by atoms with E-state index in [2.05, 4.69) is 10.0 Å². The van der Waals surface area contributed by atoms with Gasteiger partial charge < -0.3 is 25.0 Å². The number of hydrogen-bond donors (Lipinski definition) is 3. The molecule has 0 fully saturated rings. The van der Waals surface area contributed by atoms with Crippen LogP contribution in [0.2, 0.25) is 0 Å². The van der Waals surface area contributed by atoms with E-state index >= 15 is 0 Å². The minimum absolute atomic E-state index is 0.0252. The monoisotopic (exact) mass is 598 g/mol. The highest BCUT2D eigenvalue weighted by atomic mass is 32.2. The Balaban J connectivity index is 1.68. The van der Waals surface area contributed by atoms with Gasteiger partial charge in [0.25, 0.3) is 15.9 Å². The Kier molecular flexibility index (Phi) is 9.37. The molecule has 3 amide bonds. The maximum Gasteiger partial charge on any atom is 0.321 e. The van der Waals surface area contributed by atoms with Gasteiger partial charge >= 0.3 is 6.03 Å². The number of amides is 3. The van der Waals surface area contributed by atoms with Crippen LogP contribution in [-0.4, -0.2) is 74.2 Å². The lowest BCUT2D eigenvalue weighted by molar-refractivity contribution is 0.0373. The number of aliphatic hydroxyl groups is 1. The number of likely N-dealkylation sites (N-methyl/N-ethyl adjacent to an activating group) is 1. The van der Waals surface area contributed by atoms with E-state index < -0.39 is 39.9 Å². The first-order chi connectivity index (χ1) is 19.9. The third-order valence-electron chi connectivity index (χ3n) is 7.16. The Bertz CT molecular complexity index is 1530. The minimum atomic E-state index is -4.04. The molecule has 0 unspecified atom stereocenters. The Morgan fingerprint density at radius 3 is 2.45 bits per heavy atom. The minimum Gasteiger partial charge on any atom is -0.485 e. The standard InChI is InChI=1S/C30H35FN4O6S/c1-19-8-14-24(15-9-19)42(39,40)33-26-7-5-6-25-28(26)41-27(20(2)16-35(29(25)37)21(3)18-36)17-34(4)30(38)32-23-12-10-22(31)11-13-23/h5-15,20-21,27,33,36H,16-18H2,1-4H3,(H,32,38)/t20-,21-,27+/m1/s1. The maximum atomic E-state index is 13.7. The molecule has 1 aliphatic rings. The van der Waals surface area contributed by atoms with Gasteiger partial charge in [-0.25, -0.2) is 17.6 Å². The number of benzene rings is 3. The summed E-state index contributed by atoms with van der Waals surface area (Å²) in [5, 5.41) is 12.6. The quantitative estimate of drug-likeness (QED) is 0.354. The molecule has 12 heteroatoms. The van der Waals surface area contributed by atoms with Gasteiger partial charge in [-0.05, 0) is 62.4 Å². The van der Waals surface area contributed by atoms with Gasteiger partial charge in [-0.2, -0.15) is 0 Å². The lowest BCUT2D eigenvalue weighted by Crippen LogP contribution is -2.50. The van der Waals surface area contributed by atoms with E-state index in [-0.39, 0.29) is 47.5 Å². The zero-order chi connectivity index (χ0) is 30.6. The number of halogens is 1. The highest BCUT2D eigenvalue weighted by molar-refractivity contribution is 7.92. The van der Waals surface area contributed by atoms with E-state index in [4.69, 9.17) is 4.74 Å². The van der Waals surface area contributed by atoms with Crippen LogP contribution in [-0.2, 0) is 10.0 Å². The van der Waals surface area contributed by atoms with Crippen LogP contribution in [0.3, 0.4) is 0 Å². The van der Waals surface area contributed by atoms with E-state index in [1.165, 1.54) is 58.3 Å². The first-order valence-corrected chi connectivity index (χ1v) is 15.0. The van der Waals surface area contributed by atoms with Gasteiger partial charge in [0.2, 0.25) is 0 Å². The summed E-state index contributed by atoms with van der Waals surface area (Å²) in [6, 6.07) is 15.3. The van der Waals surface area contributed by atoms with Crippen LogP contribution in [0.25, 0.3) is 0 Å². The molecular formula is C30H35FN4O6S. The zero-order valence-electron chi connectivity index (χ0n) is 23.9. The van der Waals surface area contributed by atoms with Crippen LogP contribution >= 0.6 is 0 Å². The van der Waals surface area contributed by atoms with Crippen LogP contribution in [0.15, 0.2) is 71.6 Å². The molecule has 0 bridgehead atoms. The molecular weight excluding hydrogens is 563 g/mol. The predicted octanol–water partition coefficient (Wildman–Crippen LogP) is 4.32. The highest BCUT2D eigenvalue weighted by Crippen LogP contribution is 2.36. The number of rotatable bonds is 8. The zero-order valence-corrected chi connectivity index (χ0v) is 24.7. The first kappa shape index (κ1) is 30.8. The van der Waals surface area contributed by atoms with Crippen molar-refractivity contribution >= 4 is 33.3 Å². The van der Waals surface area contributed by atoms with Crippen molar-refractivity contribution in [3.63, 3.8) is 0 Å². The highest BCUT2D eigenvalue weighted by Gasteiger charge is 2.35. The van der Waals surface area contributed by atoms with Crippen molar-refractivity contribution in [1.29, 1.82) is 0 Å². The summed E-state index contributed by atoms with van der Waals surface area (Å²) in [7, 11) is -2.47. The molecule has 1 aliphatic heterocycles. The molecule has 0 saturated carbocycles. The molecule has 0 aliphatic carbocycles. The topological polar surface area (TPSA) is 128 Å². The van der Waals surface area contributed by atoms with Crippen molar-refractivity contribution in [3.05, 3.63) is 83.7 Å². The summed E-state index contributed by atoms with van der Waals surface area (Å²) in [5.41, 5.74) is 1.49. The number of aryl methyl sites for hydroxylation is 1. The fourth-order valence-electron chi connectivity index (χ4n) is 4.57. The van der Waals surface area contributed by atoms with E-state index in [0.717, 1.165) is 5.56 Å². The molecule has 1 heterocycles. The van der Waals surface area contributed by atoms with E-state index in [1.807, 2.05) is 13.8 Å². The number of nitrogens with one attached hydrogen (secondary N) is 2. The predicted molar refractivity (Wildman–Crippen MR) is 158 cm³/mol. The molecule has 0 spiro atoms. The van der Waals surface area contributed by atoms with Crippen molar-refractivity contribution in [3.8, 4) is 5.75 Å². The van der Waals surface area contributed by atoms with Crippen molar-refractivity contribution in [2.45, 2.75) is 37.8 Å². The normalized spacial score (nSPS) is 17.8. The molecule has 0 radical (unpaired) electrons. The molecule has 4 rings (SSSR count). The summed E-state index contributed by atoms with van der Waals surface area (Å²) in [6.45, 7) is 5.43. The Morgan fingerprint density at radius 1 is 1.14 bits per heavy atom. The van der Waals surface area contributed by atoms with Crippen molar-refractivity contribution in [2.24, 2.45) is 5.92 Å². The van der Waals surface area contributed by atoms with Crippen molar-refractivity contribution in [2.75, 3.05) is 36.8 Å². The van der Waals surface area contributed by atoms with Crippen LogP contribution in [0.4, 0.5) is 20.6 Å². The number of nitrogens with zero attached hydrogens (tertiary/aromatic N) is 2. The fraction of sp³-hybridized carbons (Fsp3) is 0.333. The molecule has 3 aromatic rings. The lowest BCUT2D eigenvalue weighted by Gasteiger charge is -2.38. The number of fused-ring (bicyclic) bond motifs is 1. The average Bonchev–Trinajstić information content (AvgIpc) is 2.96. The largest absolute Gasteiger partial charge is 0.485 e. The number of aliphatic hydroxyl groups excluding tert-OH is 1. The van der Waals surface area contributed by atoms with Crippen LogP contribution in [0.1, 0.15) is 29.8 Å². The summed E-state index contributed by atoms with van der Waals surface area (Å²) in [4.78, 5) is 29.6. The second-order valence-corrected chi connectivity index (χ2v) is 12.2. The number of para-hydroxylation sites is 1. The SMILES string of the molecule is Cc1ccc(S(=O)(=O)Nc2cccc3c2O[C@@H](CN(C)C(=O)Nc2ccc(F)cc2)[C@H](C)CN([C@H](C)CO)C3=O)cc1. The van der Waals surface area contributed by atoms with E-state index in [0.29, 0.717) is 5.69 Å². The summed E-state index contributed by atoms with van der Waals surface area (Å²) < 4.78 is 48.8. The maximum absolute atomic E-state index is 13.7. The van der Waals surface area contributed by atoms with E-state index in [9.17, 15) is 27.5 Å². The number of urea groups is 1. The molecule has 0 aromatic heterocycles. The van der Waals surface area contributed by atoms with Crippen LogP contribution in [0, 0.1) is 18.7 Å². The summed E-state index contributed by atoms with van der Waals surface area (Å²) in [6.07, 6.45) is -0.681. The average molecular weight is 599 g/mol. The van der Waals surface area contributed by atoms with Crippen LogP contribution < -0.4 is 14.8 Å². The third-order valence-corrected chi connectivity index (χ3v) is 8.54. The number of carbonyl (C=O) groups excluding carboxylic acids is 2. The van der Waals surface area contributed by atoms with Crippen molar-refractivity contribution in [1.82, 2.24) is 9.80 Å². The molecule has 224 valence electrons. The Morgan fingerprint density at radius 2 is 1.81 bits per heavy atom. The van der Waals surface area contributed by atoms with Gasteiger partial charge in [-0.15, -0.1) is 0 Å². The number of sulfonamides is 1. The van der Waals surface area contributed by atoms with Gasteiger partial charge in [0.15, 0.2) is 5.75 Å². The Labute approximate surface area is 245 Å². The molecule has 10 nitrogen and oxygen atoms in total. The fourth-order valence-corrected chi connectivity index (χ4v) is 5.63. The van der Waals surface area contributed by atoms with Crippen molar-refractivity contribution < 1.29 is 32.2 Å². The van der Waals surface area contributed by atoms with Gasteiger partial charge in [-0.3, -0.25) is 9.52 Å². The van der Waals surface area contributed by atoms with Gasteiger partial charge in [0.1, 0.15) is 11.9 Å². The Hall–Kier alpha value is -4.16. The molecule has 42 heavy (non-hydrogen) atoms. The third kappa shape index (κ3) is 7.00. The second kappa shape index (κ2) is 12.8. The van der Waals surface area contributed by atoms with Gasteiger partial charge in [-0.1, -0.05) is 30.7 Å². The number of hydrogen-bond acceptors (Lipinski definition) is 6. The molecule has 3 aromatic carbocycles. The summed E-state index contributed by atoms with van der Waals surface area (Å²) in [5.74, 6) is -1.16. The number of ether oxygens (including phenoxy) is 1. The second-order valence-electron chi connectivity index (χ2n) is 10.5. The van der Waals surface area contributed by atoms with Gasteiger partial charge in [0, 0.05) is 25.2 Å². The first-order valence-electron chi connectivity index (χ1n) is 13.5. The molecule has 3 atom stereocenters. The van der Waals surface area contributed by atoms with E-state index in [1.54, 1.807) is 32.2 Å². The summed E-state index contributed by atoms with van der Waals surface area (Å²) >= 11 is 0. The molecule has 0 saturated heterocycles.